The molecule has 2 aromatic rings. The quantitative estimate of drug-likeness (QED) is 0.862. The van der Waals surface area contributed by atoms with Gasteiger partial charge in [0.25, 0.3) is 5.56 Å². The highest BCUT2D eigenvalue weighted by atomic mass is 16.1. The van der Waals surface area contributed by atoms with Gasteiger partial charge in [-0.1, -0.05) is 0 Å². The molecule has 0 spiro atoms. The number of nitrogens with zero attached hydrogens (tertiary/aromatic N) is 4. The molecule has 0 atom stereocenters. The van der Waals surface area contributed by atoms with Crippen LogP contribution in [0.25, 0.3) is 11.3 Å². The van der Waals surface area contributed by atoms with Crippen molar-refractivity contribution in [3.8, 4) is 11.3 Å². The fraction of sp³-hybridized carbons (Fsp3) is 0.308. The Hall–Kier alpha value is -2.21. The van der Waals surface area contributed by atoms with Gasteiger partial charge in [0.2, 0.25) is 0 Å². The maximum atomic E-state index is 11.8. The highest BCUT2D eigenvalue weighted by Gasteiger charge is 2.03. The summed E-state index contributed by atoms with van der Waals surface area (Å²) >= 11 is 0. The SMILES string of the molecule is CN(C)CCn1cc(-c2cnc(N)cn2)ccc1=O. The fourth-order valence-electron chi connectivity index (χ4n) is 1.65. The lowest BCUT2D eigenvalue weighted by Crippen LogP contribution is -2.25. The van der Waals surface area contributed by atoms with Crippen molar-refractivity contribution in [2.24, 2.45) is 0 Å². The van der Waals surface area contributed by atoms with E-state index >= 15 is 0 Å². The summed E-state index contributed by atoms with van der Waals surface area (Å²) in [5, 5.41) is 0. The summed E-state index contributed by atoms with van der Waals surface area (Å²) in [6, 6.07) is 3.29. The van der Waals surface area contributed by atoms with Crippen LogP contribution < -0.4 is 11.3 Å². The summed E-state index contributed by atoms with van der Waals surface area (Å²) in [4.78, 5) is 22.0. The number of hydrogen-bond donors (Lipinski definition) is 1. The molecule has 0 radical (unpaired) electrons. The number of likely N-dealkylation sites (N-methyl/N-ethyl adjacent to an activating group) is 1. The number of nitrogen functional groups attached to an aromatic ring is 1. The molecule has 0 bridgehead atoms. The van der Waals surface area contributed by atoms with E-state index in [1.54, 1.807) is 29.1 Å². The third kappa shape index (κ3) is 3.38. The summed E-state index contributed by atoms with van der Waals surface area (Å²) in [7, 11) is 3.95. The minimum atomic E-state index is -0.0194. The van der Waals surface area contributed by atoms with E-state index in [0.29, 0.717) is 18.1 Å². The molecule has 0 aliphatic rings. The first-order valence-corrected chi connectivity index (χ1v) is 5.99. The monoisotopic (exact) mass is 259 g/mol. The van der Waals surface area contributed by atoms with E-state index < -0.39 is 0 Å². The third-order valence-corrected chi connectivity index (χ3v) is 2.74. The Morgan fingerprint density at radius 2 is 2.05 bits per heavy atom. The largest absolute Gasteiger partial charge is 0.382 e. The molecule has 0 aliphatic carbocycles. The van der Waals surface area contributed by atoms with E-state index in [9.17, 15) is 4.79 Å². The second-order valence-electron chi connectivity index (χ2n) is 4.58. The van der Waals surface area contributed by atoms with E-state index in [2.05, 4.69) is 9.97 Å². The molecule has 0 saturated heterocycles. The van der Waals surface area contributed by atoms with E-state index in [1.807, 2.05) is 19.0 Å². The molecule has 6 nitrogen and oxygen atoms in total. The maximum absolute atomic E-state index is 11.8. The van der Waals surface area contributed by atoms with Gasteiger partial charge >= 0.3 is 0 Å². The Kier molecular flexibility index (Phi) is 3.91. The molecular weight excluding hydrogens is 242 g/mol. The zero-order valence-electron chi connectivity index (χ0n) is 11.1. The highest BCUT2D eigenvalue weighted by molar-refractivity contribution is 5.57. The van der Waals surface area contributed by atoms with Gasteiger partial charge in [0.05, 0.1) is 18.1 Å². The molecular formula is C13H17N5O. The Morgan fingerprint density at radius 3 is 2.68 bits per heavy atom. The van der Waals surface area contributed by atoms with Gasteiger partial charge in [-0.3, -0.25) is 9.78 Å². The van der Waals surface area contributed by atoms with Gasteiger partial charge in [0.15, 0.2) is 0 Å². The zero-order valence-corrected chi connectivity index (χ0v) is 11.1. The van der Waals surface area contributed by atoms with Crippen molar-refractivity contribution >= 4 is 5.82 Å². The molecule has 0 fully saturated rings. The molecule has 2 N–H and O–H groups in total. The minimum absolute atomic E-state index is 0.0194. The van der Waals surface area contributed by atoms with Crippen LogP contribution in [-0.4, -0.2) is 40.1 Å². The Balaban J connectivity index is 2.30. The average Bonchev–Trinajstić information content (AvgIpc) is 2.39. The Morgan fingerprint density at radius 1 is 1.26 bits per heavy atom. The van der Waals surface area contributed by atoms with Crippen LogP contribution in [0, 0.1) is 0 Å². The van der Waals surface area contributed by atoms with E-state index in [4.69, 9.17) is 5.73 Å². The molecule has 6 heteroatoms. The topological polar surface area (TPSA) is 77.0 Å². The van der Waals surface area contributed by atoms with Crippen molar-refractivity contribution in [2.75, 3.05) is 26.4 Å². The van der Waals surface area contributed by atoms with Crippen molar-refractivity contribution in [3.05, 3.63) is 41.1 Å². The predicted molar refractivity (Wildman–Crippen MR) is 74.7 cm³/mol. The average molecular weight is 259 g/mol. The second kappa shape index (κ2) is 5.62. The minimum Gasteiger partial charge on any atom is -0.382 e. The Bertz CT molecular complexity index is 603. The lowest BCUT2D eigenvalue weighted by Gasteiger charge is -2.12. The second-order valence-corrected chi connectivity index (χ2v) is 4.58. The first-order valence-electron chi connectivity index (χ1n) is 5.99. The lowest BCUT2D eigenvalue weighted by atomic mass is 10.2. The van der Waals surface area contributed by atoms with Crippen molar-refractivity contribution in [3.63, 3.8) is 0 Å². The lowest BCUT2D eigenvalue weighted by molar-refractivity contribution is 0.381. The van der Waals surface area contributed by atoms with Gasteiger partial charge in [0.1, 0.15) is 5.82 Å². The molecule has 100 valence electrons. The summed E-state index contributed by atoms with van der Waals surface area (Å²) in [6.07, 6.45) is 4.90. The number of pyridine rings is 1. The molecule has 0 amide bonds. The molecule has 2 heterocycles. The van der Waals surface area contributed by atoms with Gasteiger partial charge in [-0.2, -0.15) is 0 Å². The van der Waals surface area contributed by atoms with Crippen LogP contribution in [0.5, 0.6) is 0 Å². The van der Waals surface area contributed by atoms with Gasteiger partial charge in [-0.15, -0.1) is 0 Å². The first kappa shape index (κ1) is 13.2. The van der Waals surface area contributed by atoms with E-state index in [1.165, 1.54) is 6.20 Å². The van der Waals surface area contributed by atoms with Crippen LogP contribution in [0.15, 0.2) is 35.5 Å². The van der Waals surface area contributed by atoms with Gasteiger partial charge in [-0.25, -0.2) is 4.98 Å². The van der Waals surface area contributed by atoms with Crippen LogP contribution in [0.2, 0.25) is 0 Å². The molecule has 0 aliphatic heterocycles. The normalized spacial score (nSPS) is 10.9. The summed E-state index contributed by atoms with van der Waals surface area (Å²) in [6.45, 7) is 1.44. The van der Waals surface area contributed by atoms with Gasteiger partial charge in [-0.05, 0) is 20.2 Å². The van der Waals surface area contributed by atoms with E-state index in [0.717, 1.165) is 12.1 Å². The highest BCUT2D eigenvalue weighted by Crippen LogP contribution is 2.14. The number of rotatable bonds is 4. The van der Waals surface area contributed by atoms with Crippen LogP contribution >= 0.6 is 0 Å². The number of anilines is 1. The number of aromatic nitrogens is 3. The first-order chi connectivity index (χ1) is 9.06. The number of hydrogen-bond acceptors (Lipinski definition) is 5. The summed E-state index contributed by atoms with van der Waals surface area (Å²) in [5.74, 6) is 0.379. The summed E-state index contributed by atoms with van der Waals surface area (Å²) < 4.78 is 1.67. The van der Waals surface area contributed by atoms with Crippen LogP contribution in [0.4, 0.5) is 5.82 Å². The maximum Gasteiger partial charge on any atom is 0.250 e. The molecule has 0 unspecified atom stereocenters. The molecule has 2 aromatic heterocycles. The number of nitrogens with two attached hydrogens (primary N) is 1. The van der Waals surface area contributed by atoms with Crippen molar-refractivity contribution in [1.29, 1.82) is 0 Å². The molecule has 0 aromatic carbocycles. The molecule has 19 heavy (non-hydrogen) atoms. The van der Waals surface area contributed by atoms with Crippen molar-refractivity contribution < 1.29 is 0 Å². The third-order valence-electron chi connectivity index (χ3n) is 2.74. The van der Waals surface area contributed by atoms with Crippen molar-refractivity contribution in [1.82, 2.24) is 19.4 Å². The molecule has 2 rings (SSSR count). The van der Waals surface area contributed by atoms with Crippen LogP contribution in [0.1, 0.15) is 0 Å². The smallest absolute Gasteiger partial charge is 0.250 e. The molecule has 0 saturated carbocycles. The van der Waals surface area contributed by atoms with Crippen LogP contribution in [0.3, 0.4) is 0 Å². The summed E-state index contributed by atoms with van der Waals surface area (Å²) in [5.41, 5.74) is 7.04. The van der Waals surface area contributed by atoms with Gasteiger partial charge < -0.3 is 15.2 Å². The van der Waals surface area contributed by atoms with Crippen molar-refractivity contribution in [2.45, 2.75) is 6.54 Å². The van der Waals surface area contributed by atoms with Crippen LogP contribution in [-0.2, 0) is 6.54 Å². The standard InChI is InChI=1S/C13H17N5O/c1-17(2)5-6-18-9-10(3-4-13(18)19)11-7-16-12(14)8-15-11/h3-4,7-9H,5-6H2,1-2H3,(H2,14,16). The Labute approximate surface area is 111 Å². The van der Waals surface area contributed by atoms with E-state index in [-0.39, 0.29) is 5.56 Å². The zero-order chi connectivity index (χ0) is 13.8. The fourth-order valence-corrected chi connectivity index (χ4v) is 1.65. The van der Waals surface area contributed by atoms with Gasteiger partial charge in [0, 0.05) is 30.9 Å². The predicted octanol–water partition coefficient (Wildman–Crippen LogP) is 0.449.